The van der Waals surface area contributed by atoms with Crippen molar-refractivity contribution < 1.29 is 9.53 Å². The summed E-state index contributed by atoms with van der Waals surface area (Å²) in [5, 5.41) is 6.17. The van der Waals surface area contributed by atoms with Gasteiger partial charge in [0.05, 0.1) is 0 Å². The molecule has 2 N–H and O–H groups in total. The van der Waals surface area contributed by atoms with Gasteiger partial charge in [-0.1, -0.05) is 31.2 Å². The van der Waals surface area contributed by atoms with Crippen molar-refractivity contribution in [2.24, 2.45) is 0 Å². The zero-order valence-corrected chi connectivity index (χ0v) is 15.4. The van der Waals surface area contributed by atoms with Crippen LogP contribution in [0.3, 0.4) is 0 Å². The number of para-hydroxylation sites is 1. The third-order valence-corrected chi connectivity index (χ3v) is 3.95. The van der Waals surface area contributed by atoms with Gasteiger partial charge in [-0.15, -0.1) is 0 Å². The highest BCUT2D eigenvalue weighted by atomic mass is 16.5. The maximum Gasteiger partial charge on any atom is 0.262 e. The van der Waals surface area contributed by atoms with E-state index in [2.05, 4.69) is 20.6 Å². The average molecular weight is 362 g/mol. The summed E-state index contributed by atoms with van der Waals surface area (Å²) in [6.07, 6.45) is 2.32. The van der Waals surface area contributed by atoms with Crippen LogP contribution < -0.4 is 15.4 Å². The lowest BCUT2D eigenvalue weighted by atomic mass is 10.1. The molecule has 6 nitrogen and oxygen atoms in total. The van der Waals surface area contributed by atoms with Crippen LogP contribution in [0.4, 0.5) is 17.2 Å². The van der Waals surface area contributed by atoms with Crippen LogP contribution >= 0.6 is 0 Å². The molecule has 2 aromatic carbocycles. The quantitative estimate of drug-likeness (QED) is 0.661. The number of hydrogen-bond donors (Lipinski definition) is 2. The minimum atomic E-state index is -0.205. The van der Waals surface area contributed by atoms with Crippen molar-refractivity contribution >= 4 is 23.1 Å². The first-order valence-electron chi connectivity index (χ1n) is 8.80. The Labute approximate surface area is 158 Å². The number of rotatable bonds is 7. The SMILES string of the molecule is CCc1ccc(Nc2cc(C)ncn2)cc1NC(=O)COc1ccccc1. The van der Waals surface area contributed by atoms with Crippen molar-refractivity contribution in [1.82, 2.24) is 9.97 Å². The van der Waals surface area contributed by atoms with Crippen molar-refractivity contribution in [3.05, 3.63) is 72.2 Å². The molecule has 0 atom stereocenters. The first-order chi connectivity index (χ1) is 13.1. The van der Waals surface area contributed by atoms with Crippen molar-refractivity contribution in [2.75, 3.05) is 17.2 Å². The van der Waals surface area contributed by atoms with Gasteiger partial charge in [0, 0.05) is 23.1 Å². The molecule has 0 radical (unpaired) electrons. The van der Waals surface area contributed by atoms with Gasteiger partial charge < -0.3 is 15.4 Å². The highest BCUT2D eigenvalue weighted by Crippen LogP contribution is 2.24. The molecule has 0 unspecified atom stereocenters. The number of nitrogens with zero attached hydrogens (tertiary/aromatic N) is 2. The fraction of sp³-hybridized carbons (Fsp3) is 0.190. The largest absolute Gasteiger partial charge is 0.484 e. The molecule has 0 aliphatic heterocycles. The summed E-state index contributed by atoms with van der Waals surface area (Å²) < 4.78 is 5.51. The molecule has 3 rings (SSSR count). The Bertz CT molecular complexity index is 913. The second kappa shape index (κ2) is 8.80. The van der Waals surface area contributed by atoms with E-state index in [-0.39, 0.29) is 12.5 Å². The van der Waals surface area contributed by atoms with Crippen LogP contribution in [0.2, 0.25) is 0 Å². The summed E-state index contributed by atoms with van der Waals surface area (Å²) >= 11 is 0. The van der Waals surface area contributed by atoms with Crippen LogP contribution in [0.1, 0.15) is 18.2 Å². The van der Waals surface area contributed by atoms with E-state index in [0.29, 0.717) is 11.6 Å². The minimum Gasteiger partial charge on any atom is -0.484 e. The third kappa shape index (κ3) is 5.28. The highest BCUT2D eigenvalue weighted by molar-refractivity contribution is 5.93. The monoisotopic (exact) mass is 362 g/mol. The molecule has 1 aromatic heterocycles. The molecule has 0 fully saturated rings. The van der Waals surface area contributed by atoms with Crippen LogP contribution in [-0.2, 0) is 11.2 Å². The van der Waals surface area contributed by atoms with Gasteiger partial charge >= 0.3 is 0 Å². The molecule has 0 aliphatic rings. The van der Waals surface area contributed by atoms with E-state index in [1.165, 1.54) is 6.33 Å². The Morgan fingerprint density at radius 3 is 2.63 bits per heavy atom. The van der Waals surface area contributed by atoms with Gasteiger partial charge in [0.25, 0.3) is 5.91 Å². The maximum atomic E-state index is 12.3. The Morgan fingerprint density at radius 1 is 1.07 bits per heavy atom. The molecule has 0 aliphatic carbocycles. The second-order valence-corrected chi connectivity index (χ2v) is 6.05. The minimum absolute atomic E-state index is 0.0457. The molecule has 27 heavy (non-hydrogen) atoms. The molecular formula is C21H22N4O2. The number of benzene rings is 2. The van der Waals surface area contributed by atoms with Crippen LogP contribution in [-0.4, -0.2) is 22.5 Å². The lowest BCUT2D eigenvalue weighted by Gasteiger charge is -2.13. The van der Waals surface area contributed by atoms with E-state index in [1.54, 1.807) is 0 Å². The Hall–Kier alpha value is -3.41. The second-order valence-electron chi connectivity index (χ2n) is 6.05. The van der Waals surface area contributed by atoms with Gasteiger partial charge in [-0.3, -0.25) is 4.79 Å². The number of amides is 1. The number of ether oxygens (including phenoxy) is 1. The number of carbonyl (C=O) groups is 1. The maximum absolute atomic E-state index is 12.3. The number of carbonyl (C=O) groups excluding carboxylic acids is 1. The van der Waals surface area contributed by atoms with Crippen LogP contribution in [0.25, 0.3) is 0 Å². The van der Waals surface area contributed by atoms with Gasteiger partial charge in [-0.05, 0) is 43.2 Å². The molecule has 1 amide bonds. The smallest absolute Gasteiger partial charge is 0.262 e. The Morgan fingerprint density at radius 2 is 1.89 bits per heavy atom. The molecule has 138 valence electrons. The van der Waals surface area contributed by atoms with Gasteiger partial charge in [0.1, 0.15) is 17.9 Å². The zero-order valence-electron chi connectivity index (χ0n) is 15.4. The van der Waals surface area contributed by atoms with E-state index in [4.69, 9.17) is 4.74 Å². The van der Waals surface area contributed by atoms with E-state index < -0.39 is 0 Å². The molecular weight excluding hydrogens is 340 g/mol. The normalized spacial score (nSPS) is 10.3. The predicted molar refractivity (Wildman–Crippen MR) is 106 cm³/mol. The first-order valence-corrected chi connectivity index (χ1v) is 8.80. The fourth-order valence-corrected chi connectivity index (χ4v) is 2.60. The van der Waals surface area contributed by atoms with Gasteiger partial charge in [0.2, 0.25) is 0 Å². The van der Waals surface area contributed by atoms with E-state index in [1.807, 2.05) is 68.4 Å². The summed E-state index contributed by atoms with van der Waals surface area (Å²) in [6.45, 7) is 3.91. The van der Waals surface area contributed by atoms with Crippen LogP contribution in [0, 0.1) is 6.92 Å². The van der Waals surface area contributed by atoms with Crippen molar-refractivity contribution in [1.29, 1.82) is 0 Å². The average Bonchev–Trinajstić information content (AvgIpc) is 2.67. The number of anilines is 3. The molecule has 6 heteroatoms. The molecule has 3 aromatic rings. The topological polar surface area (TPSA) is 76.1 Å². The molecule has 0 bridgehead atoms. The summed E-state index contributed by atoms with van der Waals surface area (Å²) in [4.78, 5) is 20.6. The van der Waals surface area contributed by atoms with Crippen molar-refractivity contribution in [3.63, 3.8) is 0 Å². The van der Waals surface area contributed by atoms with E-state index >= 15 is 0 Å². The number of aryl methyl sites for hydroxylation is 2. The molecule has 0 spiro atoms. The fourth-order valence-electron chi connectivity index (χ4n) is 2.60. The van der Waals surface area contributed by atoms with E-state index in [0.717, 1.165) is 29.1 Å². The molecule has 0 saturated heterocycles. The lowest BCUT2D eigenvalue weighted by molar-refractivity contribution is -0.118. The number of nitrogens with one attached hydrogen (secondary N) is 2. The molecule has 0 saturated carbocycles. The third-order valence-electron chi connectivity index (χ3n) is 3.95. The predicted octanol–water partition coefficient (Wildman–Crippen LogP) is 4.11. The van der Waals surface area contributed by atoms with Crippen LogP contribution in [0.15, 0.2) is 60.9 Å². The van der Waals surface area contributed by atoms with Gasteiger partial charge in [-0.25, -0.2) is 9.97 Å². The van der Waals surface area contributed by atoms with Crippen molar-refractivity contribution in [2.45, 2.75) is 20.3 Å². The summed E-state index contributed by atoms with van der Waals surface area (Å²) in [6, 6.07) is 17.0. The van der Waals surface area contributed by atoms with Gasteiger partial charge in [-0.2, -0.15) is 0 Å². The molecule has 1 heterocycles. The Balaban J connectivity index is 1.68. The standard InChI is InChI=1S/C21H22N4O2/c1-3-16-9-10-17(24-20-11-15(2)22-14-23-20)12-19(16)25-21(26)13-27-18-7-5-4-6-8-18/h4-12,14H,3,13H2,1-2H3,(H,25,26)(H,22,23,24). The van der Waals surface area contributed by atoms with Gasteiger partial charge in [0.15, 0.2) is 6.61 Å². The number of aromatic nitrogens is 2. The van der Waals surface area contributed by atoms with Crippen molar-refractivity contribution in [3.8, 4) is 5.75 Å². The summed E-state index contributed by atoms with van der Waals surface area (Å²) in [7, 11) is 0. The van der Waals surface area contributed by atoms with Crippen LogP contribution in [0.5, 0.6) is 5.75 Å². The first kappa shape index (κ1) is 18.4. The zero-order chi connectivity index (χ0) is 19.1. The van der Waals surface area contributed by atoms with E-state index in [9.17, 15) is 4.79 Å². The summed E-state index contributed by atoms with van der Waals surface area (Å²) in [5.74, 6) is 1.16. The number of hydrogen-bond acceptors (Lipinski definition) is 5. The Kier molecular flexibility index (Phi) is 5.99. The highest BCUT2D eigenvalue weighted by Gasteiger charge is 2.09. The lowest BCUT2D eigenvalue weighted by Crippen LogP contribution is -2.21. The summed E-state index contributed by atoms with van der Waals surface area (Å²) in [5.41, 5.74) is 3.52.